The van der Waals surface area contributed by atoms with Gasteiger partial charge in [-0.05, 0) is 61.9 Å². The molecule has 0 radical (unpaired) electrons. The van der Waals surface area contributed by atoms with Crippen LogP contribution in [0, 0.1) is 0 Å². The SMILES string of the molecule is CCN(CC)C(=O)Cn1ccc2cc(NC(=O)/C=C/c3ccc(NC(C)=O)cc3)ccc21. The molecule has 2 N–H and O–H groups in total. The zero-order valence-electron chi connectivity index (χ0n) is 18.6. The highest BCUT2D eigenvalue weighted by Crippen LogP contribution is 2.21. The molecule has 0 bridgehead atoms. The minimum absolute atomic E-state index is 0.0834. The Hall–Kier alpha value is -3.87. The van der Waals surface area contributed by atoms with Crippen molar-refractivity contribution in [2.45, 2.75) is 27.3 Å². The van der Waals surface area contributed by atoms with Crippen LogP contribution in [-0.4, -0.2) is 40.3 Å². The standard InChI is InChI=1S/C25H28N4O3/c1-4-28(5-2)25(32)17-29-15-14-20-16-22(11-12-23(20)29)27-24(31)13-8-19-6-9-21(10-7-19)26-18(3)30/h6-16H,4-5,17H2,1-3H3,(H,26,30)(H,27,31)/b13-8+. The summed E-state index contributed by atoms with van der Waals surface area (Å²) in [6.45, 7) is 7.07. The molecule has 32 heavy (non-hydrogen) atoms. The van der Waals surface area contributed by atoms with E-state index in [0.717, 1.165) is 16.5 Å². The van der Waals surface area contributed by atoms with Gasteiger partial charge >= 0.3 is 0 Å². The van der Waals surface area contributed by atoms with Gasteiger partial charge in [-0.1, -0.05) is 12.1 Å². The van der Waals surface area contributed by atoms with Crippen LogP contribution < -0.4 is 10.6 Å². The molecular weight excluding hydrogens is 404 g/mol. The number of aromatic nitrogens is 1. The minimum atomic E-state index is -0.244. The first kappa shape index (κ1) is 22.8. The molecule has 0 aliphatic carbocycles. The average molecular weight is 433 g/mol. The summed E-state index contributed by atoms with van der Waals surface area (Å²) in [6.07, 6.45) is 5.06. The molecule has 0 saturated carbocycles. The maximum Gasteiger partial charge on any atom is 0.248 e. The third-order valence-corrected chi connectivity index (χ3v) is 5.12. The van der Waals surface area contributed by atoms with Crippen molar-refractivity contribution >= 4 is 46.1 Å². The Morgan fingerprint density at radius 3 is 2.28 bits per heavy atom. The van der Waals surface area contributed by atoms with Crippen LogP contribution in [0.1, 0.15) is 26.3 Å². The number of benzene rings is 2. The van der Waals surface area contributed by atoms with Crippen molar-refractivity contribution in [2.24, 2.45) is 0 Å². The van der Waals surface area contributed by atoms with Crippen LogP contribution in [0.25, 0.3) is 17.0 Å². The molecule has 3 aromatic rings. The lowest BCUT2D eigenvalue weighted by Crippen LogP contribution is -2.33. The fraction of sp³-hybridized carbons (Fsp3) is 0.240. The number of hydrogen-bond donors (Lipinski definition) is 2. The molecule has 0 aliphatic rings. The molecule has 0 spiro atoms. The highest BCUT2D eigenvalue weighted by Gasteiger charge is 2.12. The number of anilines is 2. The number of amides is 3. The van der Waals surface area contributed by atoms with E-state index in [1.807, 2.05) is 61.0 Å². The molecule has 166 valence electrons. The zero-order chi connectivity index (χ0) is 23.1. The van der Waals surface area contributed by atoms with Gasteiger partial charge in [-0.3, -0.25) is 14.4 Å². The summed E-state index contributed by atoms with van der Waals surface area (Å²) >= 11 is 0. The van der Waals surface area contributed by atoms with Crippen LogP contribution in [0.3, 0.4) is 0 Å². The number of likely N-dealkylation sites (N-methyl/N-ethyl adjacent to an activating group) is 1. The Morgan fingerprint density at radius 2 is 1.62 bits per heavy atom. The van der Waals surface area contributed by atoms with Crippen LogP contribution in [0.5, 0.6) is 0 Å². The number of fused-ring (bicyclic) bond motifs is 1. The number of nitrogens with one attached hydrogen (secondary N) is 2. The fourth-order valence-electron chi connectivity index (χ4n) is 3.47. The predicted octanol–water partition coefficient (Wildman–Crippen LogP) is 4.12. The van der Waals surface area contributed by atoms with Gasteiger partial charge in [0.2, 0.25) is 17.7 Å². The number of rotatable bonds is 8. The highest BCUT2D eigenvalue weighted by molar-refractivity contribution is 6.03. The van der Waals surface area contributed by atoms with Gasteiger partial charge in [0.25, 0.3) is 0 Å². The maximum atomic E-state index is 12.4. The van der Waals surface area contributed by atoms with Gasteiger partial charge in [-0.2, -0.15) is 0 Å². The molecule has 0 aliphatic heterocycles. The first-order valence-electron chi connectivity index (χ1n) is 10.6. The fourth-order valence-corrected chi connectivity index (χ4v) is 3.47. The van der Waals surface area contributed by atoms with Crippen molar-refractivity contribution in [3.05, 3.63) is 66.4 Å². The van der Waals surface area contributed by atoms with Crippen LogP contribution in [-0.2, 0) is 20.9 Å². The largest absolute Gasteiger partial charge is 0.342 e. The Morgan fingerprint density at radius 1 is 0.938 bits per heavy atom. The molecular formula is C25H28N4O3. The molecule has 3 rings (SSSR count). The van der Waals surface area contributed by atoms with Crippen molar-refractivity contribution < 1.29 is 14.4 Å². The van der Waals surface area contributed by atoms with Crippen molar-refractivity contribution in [3.8, 4) is 0 Å². The third kappa shape index (κ3) is 5.85. The molecule has 2 aromatic carbocycles. The number of nitrogens with zero attached hydrogens (tertiary/aromatic N) is 2. The van der Waals surface area contributed by atoms with Gasteiger partial charge in [-0.15, -0.1) is 0 Å². The molecule has 0 fully saturated rings. The smallest absolute Gasteiger partial charge is 0.248 e. The number of hydrogen-bond acceptors (Lipinski definition) is 3. The van der Waals surface area contributed by atoms with Crippen molar-refractivity contribution in [1.29, 1.82) is 0 Å². The summed E-state index contributed by atoms with van der Waals surface area (Å²) < 4.78 is 1.92. The lowest BCUT2D eigenvalue weighted by Gasteiger charge is -2.19. The molecule has 0 saturated heterocycles. The molecule has 0 atom stereocenters. The average Bonchev–Trinajstić information content (AvgIpc) is 3.15. The summed E-state index contributed by atoms with van der Waals surface area (Å²) in [5.74, 6) is -0.290. The van der Waals surface area contributed by atoms with Gasteiger partial charge in [0.15, 0.2) is 0 Å². The molecule has 1 heterocycles. The van der Waals surface area contributed by atoms with Crippen LogP contribution in [0.15, 0.2) is 60.8 Å². The lowest BCUT2D eigenvalue weighted by molar-refractivity contribution is -0.131. The maximum absolute atomic E-state index is 12.4. The minimum Gasteiger partial charge on any atom is -0.342 e. The van der Waals surface area contributed by atoms with Gasteiger partial charge in [0, 0.05) is 54.6 Å². The van der Waals surface area contributed by atoms with Gasteiger partial charge in [-0.25, -0.2) is 0 Å². The molecule has 1 aromatic heterocycles. The summed E-state index contributed by atoms with van der Waals surface area (Å²) in [6, 6.07) is 14.8. The van der Waals surface area contributed by atoms with E-state index in [9.17, 15) is 14.4 Å². The second-order valence-electron chi connectivity index (χ2n) is 7.41. The van der Waals surface area contributed by atoms with Crippen LogP contribution in [0.2, 0.25) is 0 Å². The number of carbonyl (C=O) groups excluding carboxylic acids is 3. The molecule has 3 amide bonds. The summed E-state index contributed by atoms with van der Waals surface area (Å²) in [5.41, 5.74) is 3.18. The Bertz CT molecular complexity index is 1140. The van der Waals surface area contributed by atoms with Gasteiger partial charge in [0.1, 0.15) is 6.54 Å². The normalized spacial score (nSPS) is 11.0. The topological polar surface area (TPSA) is 83.4 Å². The first-order chi connectivity index (χ1) is 15.4. The van der Waals surface area contributed by atoms with Gasteiger partial charge in [0.05, 0.1) is 0 Å². The Labute approximate surface area is 187 Å². The quantitative estimate of drug-likeness (QED) is 0.525. The number of carbonyl (C=O) groups is 3. The van der Waals surface area contributed by atoms with Gasteiger partial charge < -0.3 is 20.1 Å². The van der Waals surface area contributed by atoms with Crippen LogP contribution in [0.4, 0.5) is 11.4 Å². The predicted molar refractivity (Wildman–Crippen MR) is 128 cm³/mol. The van der Waals surface area contributed by atoms with E-state index >= 15 is 0 Å². The second kappa shape index (κ2) is 10.4. The summed E-state index contributed by atoms with van der Waals surface area (Å²) in [4.78, 5) is 37.6. The van der Waals surface area contributed by atoms with Crippen LogP contribution >= 0.6 is 0 Å². The van der Waals surface area contributed by atoms with Crippen molar-refractivity contribution in [2.75, 3.05) is 23.7 Å². The van der Waals surface area contributed by atoms with E-state index in [4.69, 9.17) is 0 Å². The van der Waals surface area contributed by atoms with E-state index in [2.05, 4.69) is 10.6 Å². The van der Waals surface area contributed by atoms with Crippen molar-refractivity contribution in [3.63, 3.8) is 0 Å². The van der Waals surface area contributed by atoms with E-state index < -0.39 is 0 Å². The molecule has 7 nitrogen and oxygen atoms in total. The zero-order valence-corrected chi connectivity index (χ0v) is 18.6. The summed E-state index contributed by atoms with van der Waals surface area (Å²) in [7, 11) is 0. The third-order valence-electron chi connectivity index (χ3n) is 5.12. The van der Waals surface area contributed by atoms with E-state index in [1.54, 1.807) is 23.1 Å². The van der Waals surface area contributed by atoms with E-state index in [0.29, 0.717) is 31.0 Å². The van der Waals surface area contributed by atoms with Crippen molar-refractivity contribution in [1.82, 2.24) is 9.47 Å². The summed E-state index contributed by atoms with van der Waals surface area (Å²) in [5, 5.41) is 6.52. The molecule has 7 heteroatoms. The van der Waals surface area contributed by atoms with E-state index in [1.165, 1.54) is 13.0 Å². The lowest BCUT2D eigenvalue weighted by atomic mass is 10.2. The monoisotopic (exact) mass is 432 g/mol. The van der Waals surface area contributed by atoms with E-state index in [-0.39, 0.29) is 17.7 Å². The Kier molecular flexibility index (Phi) is 7.44. The Balaban J connectivity index is 1.63. The first-order valence-corrected chi connectivity index (χ1v) is 10.6. The molecule has 0 unspecified atom stereocenters. The second-order valence-corrected chi connectivity index (χ2v) is 7.41. The highest BCUT2D eigenvalue weighted by atomic mass is 16.2.